The van der Waals surface area contributed by atoms with Crippen LogP contribution in [0.2, 0.25) is 0 Å². The predicted molar refractivity (Wildman–Crippen MR) is 78.6 cm³/mol. The van der Waals surface area contributed by atoms with E-state index >= 15 is 0 Å². The number of primary amides is 1. The zero-order valence-electron chi connectivity index (χ0n) is 12.2. The van der Waals surface area contributed by atoms with Crippen molar-refractivity contribution in [2.75, 3.05) is 31.5 Å². The molecule has 0 radical (unpaired) electrons. The van der Waals surface area contributed by atoms with E-state index in [0.717, 1.165) is 19.4 Å². The number of nitrogens with zero attached hydrogens (tertiary/aromatic N) is 3. The Morgan fingerprint density at radius 1 is 1.52 bits per heavy atom. The summed E-state index contributed by atoms with van der Waals surface area (Å²) in [6.07, 6.45) is 5.14. The van der Waals surface area contributed by atoms with Crippen molar-refractivity contribution in [1.82, 2.24) is 20.0 Å². The van der Waals surface area contributed by atoms with Crippen LogP contribution in [0.15, 0.2) is 12.4 Å². The first kappa shape index (κ1) is 15.3. The molecule has 2 rings (SSSR count). The molecule has 0 bridgehead atoms. The second kappa shape index (κ2) is 7.07. The van der Waals surface area contributed by atoms with Crippen LogP contribution in [0.5, 0.6) is 0 Å². The molecule has 8 nitrogen and oxygen atoms in total. The zero-order valence-corrected chi connectivity index (χ0v) is 12.2. The average Bonchev–Trinajstić information content (AvgIpc) is 2.84. The second-order valence-electron chi connectivity index (χ2n) is 5.33. The van der Waals surface area contributed by atoms with Gasteiger partial charge in [-0.3, -0.25) is 9.48 Å². The summed E-state index contributed by atoms with van der Waals surface area (Å²) < 4.78 is 1.62. The summed E-state index contributed by atoms with van der Waals surface area (Å²) in [5.41, 5.74) is 6.00. The van der Waals surface area contributed by atoms with E-state index in [4.69, 9.17) is 5.73 Å². The topological polar surface area (TPSA) is 105 Å². The monoisotopic (exact) mass is 294 g/mol. The first-order valence-electron chi connectivity index (χ1n) is 7.10. The summed E-state index contributed by atoms with van der Waals surface area (Å²) >= 11 is 0. The molecule has 1 atom stereocenters. The number of anilines is 1. The lowest BCUT2D eigenvalue weighted by Gasteiger charge is -2.31. The highest BCUT2D eigenvalue weighted by Crippen LogP contribution is 2.15. The molecule has 0 spiro atoms. The standard InChI is InChI=1S/C13H22N6O2/c1-18-9-11(7-16-18)17-13(21)15-4-6-19-5-2-3-10(8-19)12(14)20/h7,9-10H,2-6,8H2,1H3,(H2,14,20)(H2,15,17,21)/t10-/m0/s1. The van der Waals surface area contributed by atoms with E-state index in [2.05, 4.69) is 20.6 Å². The van der Waals surface area contributed by atoms with Crippen LogP contribution in [-0.4, -0.2) is 52.8 Å². The number of amides is 3. The number of rotatable bonds is 5. The van der Waals surface area contributed by atoms with Crippen molar-refractivity contribution in [3.8, 4) is 0 Å². The lowest BCUT2D eigenvalue weighted by Crippen LogP contribution is -2.44. The molecule has 1 aromatic rings. The molecule has 1 fully saturated rings. The molecular weight excluding hydrogens is 272 g/mol. The molecule has 4 N–H and O–H groups in total. The average molecular weight is 294 g/mol. The Morgan fingerprint density at radius 3 is 3.00 bits per heavy atom. The number of hydrogen-bond acceptors (Lipinski definition) is 4. The van der Waals surface area contributed by atoms with Crippen LogP contribution in [0, 0.1) is 5.92 Å². The van der Waals surface area contributed by atoms with Crippen molar-refractivity contribution in [3.63, 3.8) is 0 Å². The maximum absolute atomic E-state index is 11.7. The lowest BCUT2D eigenvalue weighted by atomic mass is 9.97. The predicted octanol–water partition coefficient (Wildman–Crippen LogP) is -0.261. The normalized spacial score (nSPS) is 19.2. The molecule has 1 aromatic heterocycles. The highest BCUT2D eigenvalue weighted by molar-refractivity contribution is 5.88. The van der Waals surface area contributed by atoms with Gasteiger partial charge in [-0.05, 0) is 19.4 Å². The molecule has 1 aliphatic heterocycles. The fourth-order valence-electron chi connectivity index (χ4n) is 2.48. The van der Waals surface area contributed by atoms with E-state index in [1.807, 2.05) is 0 Å². The number of nitrogens with two attached hydrogens (primary N) is 1. The SMILES string of the molecule is Cn1cc(NC(=O)NCCN2CCC[C@H](C(N)=O)C2)cn1. The molecule has 0 unspecified atom stereocenters. The fraction of sp³-hybridized carbons (Fsp3) is 0.615. The summed E-state index contributed by atoms with van der Waals surface area (Å²) in [6, 6.07) is -0.258. The van der Waals surface area contributed by atoms with E-state index in [9.17, 15) is 9.59 Å². The molecule has 0 aromatic carbocycles. The molecule has 1 saturated heterocycles. The van der Waals surface area contributed by atoms with E-state index in [1.54, 1.807) is 24.1 Å². The van der Waals surface area contributed by atoms with Gasteiger partial charge in [0.25, 0.3) is 0 Å². The molecule has 0 aliphatic carbocycles. The summed E-state index contributed by atoms with van der Waals surface area (Å²) in [4.78, 5) is 25.0. The molecule has 8 heteroatoms. The largest absolute Gasteiger partial charge is 0.369 e. The van der Waals surface area contributed by atoms with Gasteiger partial charge in [-0.1, -0.05) is 0 Å². The number of hydrogen-bond donors (Lipinski definition) is 3. The zero-order chi connectivity index (χ0) is 15.2. The van der Waals surface area contributed by atoms with Crippen molar-refractivity contribution >= 4 is 17.6 Å². The van der Waals surface area contributed by atoms with Crippen LogP contribution >= 0.6 is 0 Å². The van der Waals surface area contributed by atoms with Crippen molar-refractivity contribution in [3.05, 3.63) is 12.4 Å². The molecule has 3 amide bonds. The van der Waals surface area contributed by atoms with E-state index in [0.29, 0.717) is 25.3 Å². The van der Waals surface area contributed by atoms with Gasteiger partial charge in [-0.2, -0.15) is 5.10 Å². The summed E-state index contributed by atoms with van der Waals surface area (Å²) in [6.45, 7) is 2.86. The number of nitrogens with one attached hydrogen (secondary N) is 2. The smallest absolute Gasteiger partial charge is 0.319 e. The van der Waals surface area contributed by atoms with Crippen LogP contribution in [0.25, 0.3) is 0 Å². The first-order chi connectivity index (χ1) is 10.0. The van der Waals surface area contributed by atoms with Crippen LogP contribution in [0.3, 0.4) is 0 Å². The number of likely N-dealkylation sites (tertiary alicyclic amines) is 1. The number of aromatic nitrogens is 2. The third-order valence-corrected chi connectivity index (χ3v) is 3.58. The van der Waals surface area contributed by atoms with Crippen molar-refractivity contribution in [2.45, 2.75) is 12.8 Å². The Kier molecular flexibility index (Phi) is 5.15. The van der Waals surface area contributed by atoms with Gasteiger partial charge in [0.05, 0.1) is 17.8 Å². The summed E-state index contributed by atoms with van der Waals surface area (Å²) in [7, 11) is 1.79. The van der Waals surface area contributed by atoms with E-state index < -0.39 is 0 Å². The minimum atomic E-state index is -0.258. The number of urea groups is 1. The maximum atomic E-state index is 11.7. The lowest BCUT2D eigenvalue weighted by molar-refractivity contribution is -0.123. The van der Waals surface area contributed by atoms with Crippen molar-refractivity contribution < 1.29 is 9.59 Å². The van der Waals surface area contributed by atoms with E-state index in [1.165, 1.54) is 0 Å². The van der Waals surface area contributed by atoms with Crippen molar-refractivity contribution in [1.29, 1.82) is 0 Å². The first-order valence-corrected chi connectivity index (χ1v) is 7.10. The number of carbonyl (C=O) groups is 2. The van der Waals surface area contributed by atoms with Gasteiger partial charge in [0.2, 0.25) is 5.91 Å². The molecule has 1 aliphatic rings. The van der Waals surface area contributed by atoms with E-state index in [-0.39, 0.29) is 17.9 Å². The van der Waals surface area contributed by atoms with Gasteiger partial charge in [0, 0.05) is 32.9 Å². The summed E-state index contributed by atoms with van der Waals surface area (Å²) in [5, 5.41) is 9.46. The highest BCUT2D eigenvalue weighted by atomic mass is 16.2. The molecular formula is C13H22N6O2. The van der Waals surface area contributed by atoms with Crippen LogP contribution < -0.4 is 16.4 Å². The van der Waals surface area contributed by atoms with Gasteiger partial charge in [0.1, 0.15) is 0 Å². The van der Waals surface area contributed by atoms with Crippen LogP contribution in [0.4, 0.5) is 10.5 Å². The number of aryl methyl sites for hydroxylation is 1. The Balaban J connectivity index is 1.66. The van der Waals surface area contributed by atoms with Gasteiger partial charge in [-0.15, -0.1) is 0 Å². The Bertz CT molecular complexity index is 501. The van der Waals surface area contributed by atoms with Gasteiger partial charge >= 0.3 is 6.03 Å². The van der Waals surface area contributed by atoms with Gasteiger partial charge in [0.15, 0.2) is 0 Å². The molecule has 2 heterocycles. The highest BCUT2D eigenvalue weighted by Gasteiger charge is 2.23. The van der Waals surface area contributed by atoms with Gasteiger partial charge < -0.3 is 21.3 Å². The van der Waals surface area contributed by atoms with Gasteiger partial charge in [-0.25, -0.2) is 4.79 Å². The summed E-state index contributed by atoms with van der Waals surface area (Å²) in [5.74, 6) is -0.301. The fourth-order valence-corrected chi connectivity index (χ4v) is 2.48. The number of piperidine rings is 1. The molecule has 0 saturated carbocycles. The second-order valence-corrected chi connectivity index (χ2v) is 5.33. The molecule has 116 valence electrons. The van der Waals surface area contributed by atoms with Crippen LogP contribution in [-0.2, 0) is 11.8 Å². The van der Waals surface area contributed by atoms with Crippen LogP contribution in [0.1, 0.15) is 12.8 Å². The molecule has 21 heavy (non-hydrogen) atoms. The number of carbonyl (C=O) groups excluding carboxylic acids is 2. The third-order valence-electron chi connectivity index (χ3n) is 3.58. The minimum absolute atomic E-state index is 0.0667. The minimum Gasteiger partial charge on any atom is -0.369 e. The Labute approximate surface area is 123 Å². The quantitative estimate of drug-likeness (QED) is 0.695. The Morgan fingerprint density at radius 2 is 2.33 bits per heavy atom. The third kappa shape index (κ3) is 4.75. The maximum Gasteiger partial charge on any atom is 0.319 e. The Hall–Kier alpha value is -2.09. The van der Waals surface area contributed by atoms with Crippen molar-refractivity contribution in [2.24, 2.45) is 18.7 Å².